The van der Waals surface area contributed by atoms with E-state index in [1.54, 1.807) is 25.1 Å². The van der Waals surface area contributed by atoms with Gasteiger partial charge in [0.05, 0.1) is 21.3 Å². The number of benzene rings is 1. The van der Waals surface area contributed by atoms with Gasteiger partial charge in [-0.25, -0.2) is 4.98 Å². The molecule has 3 nitrogen and oxygen atoms in total. The summed E-state index contributed by atoms with van der Waals surface area (Å²) in [5.41, 5.74) is 1.02. The number of pyridine rings is 1. The number of amides is 1. The molecule has 20 heavy (non-hydrogen) atoms. The Kier molecular flexibility index (Phi) is 4.91. The first-order valence-corrected chi connectivity index (χ1v) is 7.40. The molecule has 1 amide bonds. The smallest absolute Gasteiger partial charge is 0.258 e. The van der Waals surface area contributed by atoms with Gasteiger partial charge in [-0.3, -0.25) is 4.79 Å². The predicted octanol–water partition coefficient (Wildman–Crippen LogP) is 5.37. The molecule has 0 aliphatic rings. The van der Waals surface area contributed by atoms with E-state index in [1.165, 1.54) is 6.07 Å². The molecule has 0 saturated carbocycles. The summed E-state index contributed by atoms with van der Waals surface area (Å²) in [6.45, 7) is 1.73. The van der Waals surface area contributed by atoms with Crippen LogP contribution in [0.2, 0.25) is 15.1 Å². The Hall–Kier alpha value is -0.810. The van der Waals surface area contributed by atoms with Crippen LogP contribution in [0.4, 0.5) is 5.82 Å². The average molecular weight is 394 g/mol. The molecular formula is C13H8BrCl3N2O. The van der Waals surface area contributed by atoms with E-state index < -0.39 is 0 Å². The van der Waals surface area contributed by atoms with Crippen LogP contribution in [0, 0.1) is 6.92 Å². The third kappa shape index (κ3) is 3.44. The minimum absolute atomic E-state index is 0.264. The van der Waals surface area contributed by atoms with Crippen molar-refractivity contribution in [2.45, 2.75) is 6.92 Å². The van der Waals surface area contributed by atoms with Gasteiger partial charge in [0.25, 0.3) is 5.91 Å². The zero-order valence-corrected chi connectivity index (χ0v) is 14.0. The lowest BCUT2D eigenvalue weighted by Crippen LogP contribution is -2.14. The molecule has 1 N–H and O–H groups in total. The zero-order chi connectivity index (χ0) is 14.9. The Bertz CT molecular complexity index is 692. The number of hydrogen-bond acceptors (Lipinski definition) is 2. The fourth-order valence-corrected chi connectivity index (χ4v) is 2.76. The normalized spacial score (nSPS) is 10.4. The van der Waals surface area contributed by atoms with Crippen LogP contribution in [-0.2, 0) is 0 Å². The van der Waals surface area contributed by atoms with Crippen molar-refractivity contribution in [1.29, 1.82) is 0 Å². The predicted molar refractivity (Wildman–Crippen MR) is 86.1 cm³/mol. The van der Waals surface area contributed by atoms with Crippen molar-refractivity contribution in [3.05, 3.63) is 55.1 Å². The first kappa shape index (κ1) is 15.6. The second-order valence-electron chi connectivity index (χ2n) is 3.96. The van der Waals surface area contributed by atoms with Crippen LogP contribution >= 0.6 is 50.7 Å². The summed E-state index contributed by atoms with van der Waals surface area (Å²) >= 11 is 21.0. The Labute approximate surface area is 139 Å². The summed E-state index contributed by atoms with van der Waals surface area (Å²) in [4.78, 5) is 16.3. The van der Waals surface area contributed by atoms with E-state index in [0.717, 1.165) is 0 Å². The van der Waals surface area contributed by atoms with E-state index in [2.05, 4.69) is 26.2 Å². The fraction of sp³-hybridized carbons (Fsp3) is 0.0769. The van der Waals surface area contributed by atoms with Crippen molar-refractivity contribution in [3.63, 3.8) is 0 Å². The van der Waals surface area contributed by atoms with Crippen LogP contribution in [0.5, 0.6) is 0 Å². The molecule has 2 rings (SSSR count). The number of halogens is 4. The van der Waals surface area contributed by atoms with Gasteiger partial charge >= 0.3 is 0 Å². The highest BCUT2D eigenvalue weighted by Crippen LogP contribution is 2.27. The maximum absolute atomic E-state index is 12.2. The maximum Gasteiger partial charge on any atom is 0.258 e. The van der Waals surface area contributed by atoms with Gasteiger partial charge in [0.2, 0.25) is 0 Å². The minimum atomic E-state index is -0.343. The summed E-state index contributed by atoms with van der Waals surface area (Å²) in [7, 11) is 0. The molecule has 0 bridgehead atoms. The zero-order valence-electron chi connectivity index (χ0n) is 10.2. The van der Waals surface area contributed by atoms with Gasteiger partial charge in [-0.1, -0.05) is 34.8 Å². The highest BCUT2D eigenvalue weighted by Gasteiger charge is 2.14. The molecule has 0 unspecified atom stereocenters. The number of aromatic nitrogens is 1. The molecule has 1 aromatic heterocycles. The van der Waals surface area contributed by atoms with E-state index in [0.29, 0.717) is 25.8 Å². The van der Waals surface area contributed by atoms with Crippen molar-refractivity contribution < 1.29 is 4.79 Å². The molecule has 1 aromatic carbocycles. The summed E-state index contributed by atoms with van der Waals surface area (Å²) in [5, 5.41) is 3.90. The topological polar surface area (TPSA) is 42.0 Å². The van der Waals surface area contributed by atoms with Gasteiger partial charge < -0.3 is 5.32 Å². The highest BCUT2D eigenvalue weighted by atomic mass is 79.9. The molecule has 104 valence electrons. The number of nitrogens with zero attached hydrogens (tertiary/aromatic N) is 1. The van der Waals surface area contributed by atoms with Crippen LogP contribution in [0.1, 0.15) is 16.1 Å². The molecule has 0 aliphatic carbocycles. The van der Waals surface area contributed by atoms with Crippen LogP contribution in [0.3, 0.4) is 0 Å². The van der Waals surface area contributed by atoms with E-state index in [-0.39, 0.29) is 16.7 Å². The van der Waals surface area contributed by atoms with Gasteiger partial charge in [-0.2, -0.15) is 0 Å². The summed E-state index contributed by atoms with van der Waals surface area (Å²) < 4.78 is 0.587. The Morgan fingerprint density at radius 3 is 2.55 bits per heavy atom. The number of carbonyl (C=O) groups excluding carboxylic acids is 1. The van der Waals surface area contributed by atoms with E-state index in [4.69, 9.17) is 34.8 Å². The van der Waals surface area contributed by atoms with E-state index in [1.807, 2.05) is 0 Å². The van der Waals surface area contributed by atoms with E-state index in [9.17, 15) is 4.79 Å². The lowest BCUT2D eigenvalue weighted by atomic mass is 10.2. The lowest BCUT2D eigenvalue weighted by Gasteiger charge is -2.09. The monoisotopic (exact) mass is 392 g/mol. The first-order valence-electron chi connectivity index (χ1n) is 5.47. The fourth-order valence-electron chi connectivity index (χ4n) is 1.49. The van der Waals surface area contributed by atoms with Gasteiger partial charge in [-0.05, 0) is 47.1 Å². The second kappa shape index (κ2) is 6.31. The lowest BCUT2D eigenvalue weighted by molar-refractivity contribution is 0.102. The molecule has 2 aromatic rings. The van der Waals surface area contributed by atoms with Gasteiger partial charge in [0, 0.05) is 9.50 Å². The SMILES string of the molecule is Cc1nc(NC(=O)c2ccc(Cl)cc2Br)c(Cl)cc1Cl. The average Bonchev–Trinajstić information content (AvgIpc) is 2.35. The number of rotatable bonds is 2. The number of carbonyl (C=O) groups is 1. The third-order valence-corrected chi connectivity index (χ3v) is 4.07. The molecule has 0 atom stereocenters. The first-order chi connectivity index (χ1) is 9.38. The van der Waals surface area contributed by atoms with Crippen molar-refractivity contribution in [2.75, 3.05) is 5.32 Å². The van der Waals surface area contributed by atoms with Crippen LogP contribution in [0.25, 0.3) is 0 Å². The van der Waals surface area contributed by atoms with Gasteiger partial charge in [0.15, 0.2) is 5.82 Å². The number of hydrogen-bond donors (Lipinski definition) is 1. The maximum atomic E-state index is 12.2. The number of aryl methyl sites for hydroxylation is 1. The minimum Gasteiger partial charge on any atom is -0.305 e. The second-order valence-corrected chi connectivity index (χ2v) is 6.07. The Morgan fingerprint density at radius 2 is 1.90 bits per heavy atom. The molecule has 0 aliphatic heterocycles. The quantitative estimate of drug-likeness (QED) is 0.745. The number of anilines is 1. The summed E-state index contributed by atoms with van der Waals surface area (Å²) in [5.74, 6) is -0.0786. The largest absolute Gasteiger partial charge is 0.305 e. The van der Waals surface area contributed by atoms with Crippen LogP contribution in [0.15, 0.2) is 28.7 Å². The van der Waals surface area contributed by atoms with Crippen LogP contribution < -0.4 is 5.32 Å². The molecule has 0 radical (unpaired) electrons. The molecule has 0 spiro atoms. The highest BCUT2D eigenvalue weighted by molar-refractivity contribution is 9.10. The van der Waals surface area contributed by atoms with Crippen molar-refractivity contribution >= 4 is 62.5 Å². The van der Waals surface area contributed by atoms with Gasteiger partial charge in [0.1, 0.15) is 0 Å². The van der Waals surface area contributed by atoms with Crippen molar-refractivity contribution in [3.8, 4) is 0 Å². The van der Waals surface area contributed by atoms with Gasteiger partial charge in [-0.15, -0.1) is 0 Å². The molecular weight excluding hydrogens is 386 g/mol. The molecule has 0 fully saturated rings. The molecule has 7 heteroatoms. The van der Waals surface area contributed by atoms with Crippen molar-refractivity contribution in [2.24, 2.45) is 0 Å². The standard InChI is InChI=1S/C13H8BrCl3N2O/c1-6-10(16)5-11(17)12(18-6)19-13(20)8-3-2-7(15)4-9(8)14/h2-5H,1H3,(H,18,19,20). The van der Waals surface area contributed by atoms with Crippen LogP contribution in [-0.4, -0.2) is 10.9 Å². The Balaban J connectivity index is 2.30. The number of nitrogens with one attached hydrogen (secondary N) is 1. The third-order valence-electron chi connectivity index (χ3n) is 2.51. The molecule has 1 heterocycles. The van der Waals surface area contributed by atoms with E-state index >= 15 is 0 Å². The Morgan fingerprint density at radius 1 is 1.20 bits per heavy atom. The summed E-state index contributed by atoms with van der Waals surface area (Å²) in [6, 6.07) is 6.42. The van der Waals surface area contributed by atoms with Crippen molar-refractivity contribution in [1.82, 2.24) is 4.98 Å². The summed E-state index contributed by atoms with van der Waals surface area (Å²) in [6.07, 6.45) is 0. The molecule has 0 saturated heterocycles.